The summed E-state index contributed by atoms with van der Waals surface area (Å²) in [6, 6.07) is 0. The second-order valence-electron chi connectivity index (χ2n) is 3.26. The Morgan fingerprint density at radius 3 is 3.15 bits per heavy atom. The molecule has 0 bridgehead atoms. The van der Waals surface area contributed by atoms with Crippen LogP contribution in [0.25, 0.3) is 0 Å². The van der Waals surface area contributed by atoms with Crippen molar-refractivity contribution < 1.29 is 9.59 Å². The molecule has 0 aromatic rings. The lowest BCUT2D eigenvalue weighted by Crippen LogP contribution is -2.50. The lowest BCUT2D eigenvalue weighted by Gasteiger charge is -2.28. The van der Waals surface area contributed by atoms with Gasteiger partial charge in [0.05, 0.1) is 0 Å². The molecule has 0 aliphatic carbocycles. The predicted molar refractivity (Wildman–Crippen MR) is 50.2 cm³/mol. The fourth-order valence-electron chi connectivity index (χ4n) is 2.01. The maximum atomic E-state index is 11.6. The van der Waals surface area contributed by atoms with E-state index in [1.165, 1.54) is 0 Å². The van der Waals surface area contributed by atoms with Crippen LogP contribution in [-0.4, -0.2) is 40.9 Å². The van der Waals surface area contributed by atoms with Crippen LogP contribution in [-0.2, 0) is 9.59 Å². The van der Waals surface area contributed by atoms with Gasteiger partial charge in [-0.1, -0.05) is 0 Å². The average Bonchev–Trinajstić information content (AvgIpc) is 2.67. The van der Waals surface area contributed by atoms with E-state index < -0.39 is 4.87 Å². The number of nitrogens with one attached hydrogen (secondary N) is 1. The van der Waals surface area contributed by atoms with Gasteiger partial charge in [0.2, 0.25) is 5.91 Å². The van der Waals surface area contributed by atoms with E-state index in [4.69, 9.17) is 0 Å². The Hall–Kier alpha value is -0.710. The van der Waals surface area contributed by atoms with Gasteiger partial charge in [-0.3, -0.25) is 9.59 Å². The van der Waals surface area contributed by atoms with Gasteiger partial charge < -0.3 is 10.2 Å². The summed E-state index contributed by atoms with van der Waals surface area (Å²) in [5.41, 5.74) is 0. The van der Waals surface area contributed by atoms with Gasteiger partial charge in [0.25, 0.3) is 5.91 Å². The van der Waals surface area contributed by atoms with Crippen LogP contribution in [0.3, 0.4) is 0 Å². The number of likely N-dealkylation sites (N-methyl/N-ethyl adjacent to an activating group) is 1. The topological polar surface area (TPSA) is 49.4 Å². The van der Waals surface area contributed by atoms with Crippen molar-refractivity contribution in [2.24, 2.45) is 0 Å². The van der Waals surface area contributed by atoms with E-state index in [0.29, 0.717) is 12.8 Å². The number of carbonyl (C=O) groups is 2. The molecule has 0 radical (unpaired) electrons. The number of carbonyl (C=O) groups excluding carboxylic acids is 2. The van der Waals surface area contributed by atoms with Crippen LogP contribution in [0.5, 0.6) is 0 Å². The van der Waals surface area contributed by atoms with Gasteiger partial charge in [-0.25, -0.2) is 0 Å². The lowest BCUT2D eigenvalue weighted by atomic mass is 10.2. The number of hydrogen-bond donors (Lipinski definition) is 1. The molecule has 0 aromatic carbocycles. The molecular weight excluding hydrogens is 188 g/mol. The van der Waals surface area contributed by atoms with Gasteiger partial charge in [-0.2, -0.15) is 0 Å². The number of fused-ring (bicyclic) bond motifs is 1. The van der Waals surface area contributed by atoms with Crippen molar-refractivity contribution in [1.82, 2.24) is 10.2 Å². The Morgan fingerprint density at radius 1 is 1.69 bits per heavy atom. The highest BCUT2D eigenvalue weighted by Gasteiger charge is 2.54. The molecule has 1 unspecified atom stereocenters. The summed E-state index contributed by atoms with van der Waals surface area (Å²) in [7, 11) is 1.62. The van der Waals surface area contributed by atoms with E-state index in [1.807, 2.05) is 0 Å². The highest BCUT2D eigenvalue weighted by molar-refractivity contribution is 8.01. The fourth-order valence-corrected chi connectivity index (χ4v) is 3.45. The number of nitrogens with zero attached hydrogens (tertiary/aromatic N) is 1. The summed E-state index contributed by atoms with van der Waals surface area (Å²) in [6.45, 7) is 0.719. The van der Waals surface area contributed by atoms with Gasteiger partial charge in [0.15, 0.2) is 4.87 Å². The van der Waals surface area contributed by atoms with Gasteiger partial charge in [-0.15, -0.1) is 11.8 Å². The van der Waals surface area contributed by atoms with Crippen LogP contribution in [0, 0.1) is 0 Å². The van der Waals surface area contributed by atoms with Gasteiger partial charge in [0.1, 0.15) is 0 Å². The molecule has 2 aliphatic rings. The first kappa shape index (κ1) is 8.87. The predicted octanol–water partition coefficient (Wildman–Crippen LogP) is -0.202. The average molecular weight is 200 g/mol. The maximum Gasteiger partial charge on any atom is 0.256 e. The Morgan fingerprint density at radius 2 is 2.46 bits per heavy atom. The maximum absolute atomic E-state index is 11.6. The van der Waals surface area contributed by atoms with Crippen LogP contribution in [0.15, 0.2) is 0 Å². The Bertz CT molecular complexity index is 269. The molecule has 5 heteroatoms. The quantitative estimate of drug-likeness (QED) is 0.637. The molecule has 72 valence electrons. The third-order valence-corrected chi connectivity index (χ3v) is 4.13. The highest BCUT2D eigenvalue weighted by atomic mass is 32.2. The van der Waals surface area contributed by atoms with E-state index in [0.717, 1.165) is 12.3 Å². The zero-order valence-electron chi connectivity index (χ0n) is 7.50. The molecule has 2 amide bonds. The SMILES string of the molecule is CNC(=O)C12CCC(=O)N1CCS2. The Kier molecular flexibility index (Phi) is 1.98. The van der Waals surface area contributed by atoms with Gasteiger partial charge in [0, 0.05) is 25.8 Å². The molecule has 2 aliphatic heterocycles. The third-order valence-electron chi connectivity index (χ3n) is 2.65. The van der Waals surface area contributed by atoms with Gasteiger partial charge >= 0.3 is 0 Å². The van der Waals surface area contributed by atoms with Crippen LogP contribution in [0.4, 0.5) is 0 Å². The molecule has 2 fully saturated rings. The minimum atomic E-state index is -0.564. The Labute approximate surface area is 81.0 Å². The molecule has 1 N–H and O–H groups in total. The molecule has 2 saturated heterocycles. The summed E-state index contributed by atoms with van der Waals surface area (Å²) in [6.07, 6.45) is 1.18. The molecule has 0 aromatic heterocycles. The minimum absolute atomic E-state index is 0.0270. The van der Waals surface area contributed by atoms with Crippen molar-refractivity contribution in [1.29, 1.82) is 0 Å². The van der Waals surface area contributed by atoms with E-state index in [1.54, 1.807) is 23.7 Å². The summed E-state index contributed by atoms with van der Waals surface area (Å²) in [5, 5.41) is 2.64. The van der Waals surface area contributed by atoms with Crippen LogP contribution in [0.1, 0.15) is 12.8 Å². The molecule has 0 spiro atoms. The number of rotatable bonds is 1. The van der Waals surface area contributed by atoms with E-state index >= 15 is 0 Å². The summed E-state index contributed by atoms with van der Waals surface area (Å²) in [4.78, 5) is 24.2. The normalized spacial score (nSPS) is 32.1. The fraction of sp³-hybridized carbons (Fsp3) is 0.750. The van der Waals surface area contributed by atoms with Crippen LogP contribution >= 0.6 is 11.8 Å². The molecule has 1 atom stereocenters. The van der Waals surface area contributed by atoms with Crippen LogP contribution < -0.4 is 5.32 Å². The monoisotopic (exact) mass is 200 g/mol. The molecule has 0 saturated carbocycles. The number of hydrogen-bond acceptors (Lipinski definition) is 3. The summed E-state index contributed by atoms with van der Waals surface area (Å²) in [5.74, 6) is 0.966. The zero-order valence-corrected chi connectivity index (χ0v) is 8.32. The number of amides is 2. The molecule has 4 nitrogen and oxygen atoms in total. The van der Waals surface area contributed by atoms with Crippen molar-refractivity contribution in [2.75, 3.05) is 19.3 Å². The van der Waals surface area contributed by atoms with Crippen molar-refractivity contribution in [3.05, 3.63) is 0 Å². The minimum Gasteiger partial charge on any atom is -0.356 e. The van der Waals surface area contributed by atoms with E-state index in [-0.39, 0.29) is 11.8 Å². The largest absolute Gasteiger partial charge is 0.356 e. The first-order valence-electron chi connectivity index (χ1n) is 4.37. The second kappa shape index (κ2) is 2.90. The van der Waals surface area contributed by atoms with E-state index in [2.05, 4.69) is 5.32 Å². The van der Waals surface area contributed by atoms with E-state index in [9.17, 15) is 9.59 Å². The zero-order chi connectivity index (χ0) is 9.47. The first-order valence-corrected chi connectivity index (χ1v) is 5.36. The summed E-state index contributed by atoms with van der Waals surface area (Å²) < 4.78 is 0. The lowest BCUT2D eigenvalue weighted by molar-refractivity contribution is -0.135. The molecule has 13 heavy (non-hydrogen) atoms. The van der Waals surface area contributed by atoms with Crippen molar-refractivity contribution in [3.8, 4) is 0 Å². The van der Waals surface area contributed by atoms with Crippen LogP contribution in [0.2, 0.25) is 0 Å². The highest BCUT2D eigenvalue weighted by Crippen LogP contribution is 2.44. The van der Waals surface area contributed by atoms with Crippen molar-refractivity contribution >= 4 is 23.6 Å². The second-order valence-corrected chi connectivity index (χ2v) is 4.63. The molecule has 2 heterocycles. The van der Waals surface area contributed by atoms with Crippen molar-refractivity contribution in [3.63, 3.8) is 0 Å². The van der Waals surface area contributed by atoms with Crippen molar-refractivity contribution in [2.45, 2.75) is 17.7 Å². The third kappa shape index (κ3) is 1.06. The van der Waals surface area contributed by atoms with Gasteiger partial charge in [-0.05, 0) is 6.42 Å². The Balaban J connectivity index is 2.30. The molecule has 2 rings (SSSR count). The number of thioether (sulfide) groups is 1. The molecular formula is C8H12N2O2S. The summed E-state index contributed by atoms with van der Waals surface area (Å²) >= 11 is 1.59. The standard InChI is InChI=1S/C8H12N2O2S/c1-9-7(12)8-3-2-6(11)10(8)4-5-13-8/h2-5H2,1H3,(H,9,12). The smallest absolute Gasteiger partial charge is 0.256 e. The first-order chi connectivity index (χ1) is 6.20.